The highest BCUT2D eigenvalue weighted by molar-refractivity contribution is 5.85. The third-order valence-corrected chi connectivity index (χ3v) is 3.25. The van der Waals surface area contributed by atoms with Crippen LogP contribution in [0.2, 0.25) is 0 Å². The van der Waals surface area contributed by atoms with Crippen LogP contribution in [-0.4, -0.2) is 11.5 Å². The quantitative estimate of drug-likeness (QED) is 0.839. The molecule has 0 saturated heterocycles. The van der Waals surface area contributed by atoms with E-state index in [1.807, 2.05) is 12.3 Å². The minimum Gasteiger partial charge on any atom is -0.327 e. The van der Waals surface area contributed by atoms with Crippen molar-refractivity contribution in [3.05, 3.63) is 59.3 Å². The van der Waals surface area contributed by atoms with E-state index in [2.05, 4.69) is 55.3 Å². The van der Waals surface area contributed by atoms with Crippen LogP contribution >= 0.6 is 0 Å². The van der Waals surface area contributed by atoms with Gasteiger partial charge < -0.3 is 5.73 Å². The average Bonchev–Trinajstić information content (AvgIpc) is 2.45. The second-order valence-electron chi connectivity index (χ2n) is 4.58. The van der Waals surface area contributed by atoms with Crippen molar-refractivity contribution in [3.63, 3.8) is 0 Å². The monoisotopic (exact) mass is 252 g/mol. The van der Waals surface area contributed by atoms with Crippen molar-refractivity contribution in [2.45, 2.75) is 20.3 Å². The van der Waals surface area contributed by atoms with E-state index in [4.69, 9.17) is 5.73 Å². The molecule has 0 spiro atoms. The summed E-state index contributed by atoms with van der Waals surface area (Å²) in [6, 6.07) is 8.30. The van der Waals surface area contributed by atoms with Gasteiger partial charge in [-0.3, -0.25) is 4.98 Å². The van der Waals surface area contributed by atoms with E-state index in [0.29, 0.717) is 6.54 Å². The number of rotatable bonds is 4. The summed E-state index contributed by atoms with van der Waals surface area (Å²) in [5.41, 5.74) is 10.4. The van der Waals surface area contributed by atoms with Crippen molar-refractivity contribution in [2.24, 2.45) is 5.73 Å². The van der Waals surface area contributed by atoms with Gasteiger partial charge in [-0.1, -0.05) is 43.4 Å². The first-order valence-corrected chi connectivity index (χ1v) is 6.67. The van der Waals surface area contributed by atoms with E-state index in [1.165, 1.54) is 22.1 Å². The molecule has 98 valence electrons. The largest absolute Gasteiger partial charge is 0.327 e. The van der Waals surface area contributed by atoms with Crippen LogP contribution in [0.5, 0.6) is 0 Å². The lowest BCUT2D eigenvalue weighted by molar-refractivity contribution is 1.13. The molecule has 2 rings (SSSR count). The fraction of sp³-hybridized carbons (Fsp3) is 0.235. The highest BCUT2D eigenvalue weighted by Gasteiger charge is 2.01. The summed E-state index contributed by atoms with van der Waals surface area (Å²) in [7, 11) is 0. The normalized spacial score (nSPS) is 12.5. The van der Waals surface area contributed by atoms with Crippen molar-refractivity contribution < 1.29 is 0 Å². The first kappa shape index (κ1) is 13.5. The molecule has 0 radical (unpaired) electrons. The maximum atomic E-state index is 5.72. The van der Waals surface area contributed by atoms with Gasteiger partial charge >= 0.3 is 0 Å². The van der Waals surface area contributed by atoms with Gasteiger partial charge in [0.25, 0.3) is 0 Å². The zero-order valence-corrected chi connectivity index (χ0v) is 11.6. The van der Waals surface area contributed by atoms with Gasteiger partial charge in [-0.2, -0.15) is 0 Å². The summed E-state index contributed by atoms with van der Waals surface area (Å²) >= 11 is 0. The number of nitrogens with zero attached hydrogens (tertiary/aromatic N) is 1. The SMILES string of the molecule is CC/C=C(/C=C\c1ccc2cccnc2c1C)CN. The summed E-state index contributed by atoms with van der Waals surface area (Å²) in [5.74, 6) is 0. The van der Waals surface area contributed by atoms with Crippen molar-refractivity contribution >= 4 is 17.0 Å². The Kier molecular flexibility index (Phi) is 4.48. The molecule has 1 heterocycles. The fourth-order valence-corrected chi connectivity index (χ4v) is 2.17. The second kappa shape index (κ2) is 6.30. The summed E-state index contributed by atoms with van der Waals surface area (Å²) in [4.78, 5) is 4.45. The smallest absolute Gasteiger partial charge is 0.0737 e. The molecule has 1 aromatic heterocycles. The molecular formula is C17H20N2. The summed E-state index contributed by atoms with van der Waals surface area (Å²) in [5, 5.41) is 1.18. The van der Waals surface area contributed by atoms with E-state index >= 15 is 0 Å². The molecule has 1 aromatic carbocycles. The maximum Gasteiger partial charge on any atom is 0.0737 e. The average molecular weight is 252 g/mol. The second-order valence-corrected chi connectivity index (χ2v) is 4.58. The van der Waals surface area contributed by atoms with E-state index < -0.39 is 0 Å². The number of allylic oxidation sites excluding steroid dienone is 1. The maximum absolute atomic E-state index is 5.72. The standard InChI is InChI=1S/C17H20N2/c1-3-5-14(12-18)7-8-15-9-10-16-6-4-11-19-17(16)13(15)2/h4-11H,3,12,18H2,1-2H3/b8-7-,14-5-. The third kappa shape index (κ3) is 3.09. The lowest BCUT2D eigenvalue weighted by atomic mass is 10.0. The van der Waals surface area contributed by atoms with Crippen LogP contribution in [-0.2, 0) is 0 Å². The van der Waals surface area contributed by atoms with Gasteiger partial charge in [0.05, 0.1) is 5.52 Å². The van der Waals surface area contributed by atoms with Gasteiger partial charge in [-0.25, -0.2) is 0 Å². The van der Waals surface area contributed by atoms with Crippen LogP contribution in [0.4, 0.5) is 0 Å². The van der Waals surface area contributed by atoms with E-state index in [1.54, 1.807) is 0 Å². The van der Waals surface area contributed by atoms with Crippen LogP contribution in [0.15, 0.2) is 48.2 Å². The highest BCUT2D eigenvalue weighted by atomic mass is 14.6. The fourth-order valence-electron chi connectivity index (χ4n) is 2.17. The topological polar surface area (TPSA) is 38.9 Å². The minimum absolute atomic E-state index is 0.579. The minimum atomic E-state index is 0.579. The molecule has 0 saturated carbocycles. The van der Waals surface area contributed by atoms with Gasteiger partial charge in [0.1, 0.15) is 0 Å². The van der Waals surface area contributed by atoms with Crippen LogP contribution in [0.1, 0.15) is 24.5 Å². The van der Waals surface area contributed by atoms with Crippen molar-refractivity contribution in [1.82, 2.24) is 4.98 Å². The van der Waals surface area contributed by atoms with Crippen molar-refractivity contribution in [2.75, 3.05) is 6.54 Å². The molecule has 19 heavy (non-hydrogen) atoms. The van der Waals surface area contributed by atoms with Gasteiger partial charge in [0.2, 0.25) is 0 Å². The molecule has 2 aromatic rings. The van der Waals surface area contributed by atoms with Crippen LogP contribution in [0.3, 0.4) is 0 Å². The molecule has 0 unspecified atom stereocenters. The Bertz CT molecular complexity index is 624. The molecular weight excluding hydrogens is 232 g/mol. The molecule has 0 bridgehead atoms. The number of hydrogen-bond acceptors (Lipinski definition) is 2. The summed E-state index contributed by atoms with van der Waals surface area (Å²) in [6.07, 6.45) is 9.23. The Hall–Kier alpha value is -1.93. The lowest BCUT2D eigenvalue weighted by Crippen LogP contribution is -2.00. The molecule has 0 amide bonds. The van der Waals surface area contributed by atoms with Gasteiger partial charge in [-0.15, -0.1) is 0 Å². The highest BCUT2D eigenvalue weighted by Crippen LogP contribution is 2.21. The number of aryl methyl sites for hydroxylation is 1. The Morgan fingerprint density at radius 2 is 2.16 bits per heavy atom. The first-order chi connectivity index (χ1) is 9.26. The van der Waals surface area contributed by atoms with Crippen LogP contribution < -0.4 is 5.73 Å². The number of nitrogens with two attached hydrogens (primary N) is 1. The molecule has 2 heteroatoms. The molecule has 2 nitrogen and oxygen atoms in total. The van der Waals surface area contributed by atoms with Gasteiger partial charge in [-0.05, 0) is 36.1 Å². The molecule has 0 aliphatic heterocycles. The Balaban J connectivity index is 2.38. The van der Waals surface area contributed by atoms with Crippen LogP contribution in [0.25, 0.3) is 17.0 Å². The number of benzene rings is 1. The first-order valence-electron chi connectivity index (χ1n) is 6.67. The Morgan fingerprint density at radius 3 is 2.89 bits per heavy atom. The number of pyridine rings is 1. The molecule has 2 N–H and O–H groups in total. The number of fused-ring (bicyclic) bond motifs is 1. The Morgan fingerprint density at radius 1 is 1.32 bits per heavy atom. The molecule has 0 aliphatic carbocycles. The summed E-state index contributed by atoms with van der Waals surface area (Å²) < 4.78 is 0. The van der Waals surface area contributed by atoms with Crippen molar-refractivity contribution in [3.8, 4) is 0 Å². The summed E-state index contributed by atoms with van der Waals surface area (Å²) in [6.45, 7) is 4.81. The predicted molar refractivity (Wildman–Crippen MR) is 82.9 cm³/mol. The third-order valence-electron chi connectivity index (χ3n) is 3.25. The zero-order chi connectivity index (χ0) is 13.7. The zero-order valence-electron chi connectivity index (χ0n) is 11.6. The van der Waals surface area contributed by atoms with Crippen molar-refractivity contribution in [1.29, 1.82) is 0 Å². The van der Waals surface area contributed by atoms with Crippen LogP contribution in [0, 0.1) is 6.92 Å². The Labute approximate surface area is 114 Å². The lowest BCUT2D eigenvalue weighted by Gasteiger charge is -2.05. The van der Waals surface area contributed by atoms with E-state index in [0.717, 1.165) is 11.9 Å². The molecule has 0 fully saturated rings. The molecule has 0 aliphatic rings. The predicted octanol–water partition coefficient (Wildman–Crippen LogP) is 3.85. The van der Waals surface area contributed by atoms with Gasteiger partial charge in [0, 0.05) is 18.1 Å². The molecule has 0 atom stereocenters. The van der Waals surface area contributed by atoms with Gasteiger partial charge in [0.15, 0.2) is 0 Å². The number of hydrogen-bond donors (Lipinski definition) is 1. The van der Waals surface area contributed by atoms with E-state index in [-0.39, 0.29) is 0 Å². The number of aromatic nitrogens is 1. The van der Waals surface area contributed by atoms with E-state index in [9.17, 15) is 0 Å².